The monoisotopic (exact) mass is 569 g/mol. The van der Waals surface area contributed by atoms with E-state index in [0.29, 0.717) is 72.6 Å². The molecule has 0 aliphatic rings. The van der Waals surface area contributed by atoms with Gasteiger partial charge in [0.25, 0.3) is 0 Å². The molecule has 4 aromatic rings. The maximum atomic E-state index is 5.90. The third-order valence-electron chi connectivity index (χ3n) is 6.86. The van der Waals surface area contributed by atoms with Crippen LogP contribution in [0.4, 0.5) is 0 Å². The first-order valence-corrected chi connectivity index (χ1v) is 14.7. The topological polar surface area (TPSA) is 58.2 Å². The molecule has 0 spiro atoms. The summed E-state index contributed by atoms with van der Waals surface area (Å²) in [5.74, 6) is 0. The molecule has 4 aromatic carbocycles. The van der Waals surface area contributed by atoms with E-state index in [2.05, 4.69) is 108 Å². The van der Waals surface area contributed by atoms with Gasteiger partial charge in [0.15, 0.2) is 0 Å². The van der Waals surface area contributed by atoms with Crippen LogP contribution in [0.1, 0.15) is 22.3 Å². The zero-order chi connectivity index (χ0) is 29.0. The van der Waals surface area contributed by atoms with Crippen molar-refractivity contribution in [1.82, 2.24) is 5.32 Å². The Balaban J connectivity index is 1.08. The van der Waals surface area contributed by atoms with Crippen molar-refractivity contribution in [3.8, 4) is 0 Å². The summed E-state index contributed by atoms with van der Waals surface area (Å²) in [7, 11) is 0. The van der Waals surface area contributed by atoms with Crippen LogP contribution in [0.25, 0.3) is 0 Å². The molecule has 0 bridgehead atoms. The van der Waals surface area contributed by atoms with Crippen molar-refractivity contribution in [2.75, 3.05) is 66.0 Å². The lowest BCUT2D eigenvalue weighted by atomic mass is 9.77. The Morgan fingerprint density at radius 2 is 0.714 bits per heavy atom. The summed E-state index contributed by atoms with van der Waals surface area (Å²) in [6, 6.07) is 41.9. The van der Waals surface area contributed by atoms with Gasteiger partial charge >= 0.3 is 0 Å². The maximum absolute atomic E-state index is 5.90. The summed E-state index contributed by atoms with van der Waals surface area (Å²) >= 11 is 0. The standard InChI is InChI=1S/C36H43NO5/c1-5-13-32(14-6-1)31-42-30-29-41-28-27-40-26-25-39-24-23-38-22-21-37-36(33-15-7-2-8-16-33,34-17-9-3-10-18-34)35-19-11-4-12-20-35/h1-20,37H,21-31H2. The second-order valence-electron chi connectivity index (χ2n) is 9.76. The van der Waals surface area contributed by atoms with E-state index in [9.17, 15) is 0 Å². The van der Waals surface area contributed by atoms with Crippen molar-refractivity contribution in [3.63, 3.8) is 0 Å². The molecule has 0 saturated heterocycles. The average Bonchev–Trinajstić information content (AvgIpc) is 3.06. The first-order chi connectivity index (χ1) is 20.9. The molecule has 0 unspecified atom stereocenters. The fourth-order valence-corrected chi connectivity index (χ4v) is 4.83. The van der Waals surface area contributed by atoms with Crippen LogP contribution in [0.2, 0.25) is 0 Å². The van der Waals surface area contributed by atoms with Gasteiger partial charge < -0.3 is 23.7 Å². The molecule has 0 amide bonds. The highest BCUT2D eigenvalue weighted by Gasteiger charge is 2.35. The number of ether oxygens (including phenoxy) is 5. The predicted octanol–water partition coefficient (Wildman–Crippen LogP) is 5.85. The quantitative estimate of drug-likeness (QED) is 0.100. The fourth-order valence-electron chi connectivity index (χ4n) is 4.83. The Kier molecular flexibility index (Phi) is 14.2. The minimum atomic E-state index is -0.486. The highest BCUT2D eigenvalue weighted by Crippen LogP contribution is 2.36. The lowest BCUT2D eigenvalue weighted by Crippen LogP contribution is -2.46. The van der Waals surface area contributed by atoms with Gasteiger partial charge in [0, 0.05) is 6.54 Å². The summed E-state index contributed by atoms with van der Waals surface area (Å²) in [6.07, 6.45) is 0. The summed E-state index contributed by atoms with van der Waals surface area (Å²) in [5.41, 5.74) is 4.24. The minimum absolute atomic E-state index is 0.486. The van der Waals surface area contributed by atoms with Gasteiger partial charge in [-0.2, -0.15) is 0 Å². The van der Waals surface area contributed by atoms with E-state index < -0.39 is 5.54 Å². The molecule has 0 saturated carbocycles. The van der Waals surface area contributed by atoms with Crippen molar-refractivity contribution < 1.29 is 23.7 Å². The number of hydrogen-bond acceptors (Lipinski definition) is 6. The molecule has 0 radical (unpaired) electrons. The number of rotatable bonds is 21. The third-order valence-corrected chi connectivity index (χ3v) is 6.86. The van der Waals surface area contributed by atoms with E-state index in [4.69, 9.17) is 23.7 Å². The van der Waals surface area contributed by atoms with Crippen molar-refractivity contribution in [3.05, 3.63) is 144 Å². The zero-order valence-electron chi connectivity index (χ0n) is 24.4. The average molecular weight is 570 g/mol. The summed E-state index contributed by atoms with van der Waals surface area (Å²) < 4.78 is 28.3. The summed E-state index contributed by atoms with van der Waals surface area (Å²) in [5, 5.41) is 3.83. The van der Waals surface area contributed by atoms with E-state index in [1.54, 1.807) is 0 Å². The summed E-state index contributed by atoms with van der Waals surface area (Å²) in [4.78, 5) is 0. The van der Waals surface area contributed by atoms with E-state index in [1.165, 1.54) is 22.3 Å². The molecule has 0 aliphatic carbocycles. The van der Waals surface area contributed by atoms with Crippen LogP contribution >= 0.6 is 0 Å². The lowest BCUT2D eigenvalue weighted by molar-refractivity contribution is -0.0124. The van der Waals surface area contributed by atoms with Crippen molar-refractivity contribution >= 4 is 0 Å². The largest absolute Gasteiger partial charge is 0.378 e. The van der Waals surface area contributed by atoms with Gasteiger partial charge in [0.05, 0.1) is 71.6 Å². The van der Waals surface area contributed by atoms with Crippen LogP contribution < -0.4 is 5.32 Å². The molecule has 6 nitrogen and oxygen atoms in total. The molecule has 1 N–H and O–H groups in total. The number of benzene rings is 4. The molecule has 0 atom stereocenters. The van der Waals surface area contributed by atoms with Crippen LogP contribution in [-0.2, 0) is 35.8 Å². The highest BCUT2D eigenvalue weighted by atomic mass is 16.6. The van der Waals surface area contributed by atoms with Crippen molar-refractivity contribution in [2.45, 2.75) is 12.1 Å². The molecule has 0 fully saturated rings. The first kappa shape index (κ1) is 31.6. The molecule has 0 heterocycles. The molecule has 0 aromatic heterocycles. The van der Waals surface area contributed by atoms with Gasteiger partial charge in [-0.15, -0.1) is 0 Å². The van der Waals surface area contributed by atoms with Gasteiger partial charge in [-0.25, -0.2) is 0 Å². The van der Waals surface area contributed by atoms with Gasteiger partial charge in [-0.05, 0) is 22.3 Å². The lowest BCUT2D eigenvalue weighted by Gasteiger charge is -2.37. The van der Waals surface area contributed by atoms with Crippen molar-refractivity contribution in [2.24, 2.45) is 0 Å². The second kappa shape index (κ2) is 18.9. The SMILES string of the molecule is c1ccc(COCCOCCOCCOCCOCCNC(c2ccccc2)(c2ccccc2)c2ccccc2)cc1. The molecule has 222 valence electrons. The van der Waals surface area contributed by atoms with E-state index in [0.717, 1.165) is 0 Å². The van der Waals surface area contributed by atoms with Gasteiger partial charge in [0.2, 0.25) is 0 Å². The van der Waals surface area contributed by atoms with Crippen LogP contribution in [0.5, 0.6) is 0 Å². The number of nitrogens with one attached hydrogen (secondary N) is 1. The van der Waals surface area contributed by atoms with Gasteiger partial charge in [-0.3, -0.25) is 5.32 Å². The normalized spacial score (nSPS) is 11.5. The molecule has 42 heavy (non-hydrogen) atoms. The Morgan fingerprint density at radius 3 is 1.12 bits per heavy atom. The fraction of sp³-hybridized carbons (Fsp3) is 0.333. The maximum Gasteiger partial charge on any atom is 0.0948 e. The summed E-state index contributed by atoms with van der Waals surface area (Å²) in [6.45, 7) is 6.18. The van der Waals surface area contributed by atoms with Crippen LogP contribution in [0.3, 0.4) is 0 Å². The first-order valence-electron chi connectivity index (χ1n) is 14.7. The van der Waals surface area contributed by atoms with Gasteiger partial charge in [0.1, 0.15) is 0 Å². The molecular weight excluding hydrogens is 526 g/mol. The predicted molar refractivity (Wildman–Crippen MR) is 167 cm³/mol. The minimum Gasteiger partial charge on any atom is -0.378 e. The van der Waals surface area contributed by atoms with Crippen molar-refractivity contribution in [1.29, 1.82) is 0 Å². The number of hydrogen-bond donors (Lipinski definition) is 1. The molecule has 4 rings (SSSR count). The van der Waals surface area contributed by atoms with E-state index >= 15 is 0 Å². The third kappa shape index (κ3) is 10.2. The Labute approximate surface area is 250 Å². The highest BCUT2D eigenvalue weighted by molar-refractivity contribution is 5.49. The van der Waals surface area contributed by atoms with Crippen LogP contribution in [0.15, 0.2) is 121 Å². The van der Waals surface area contributed by atoms with Crippen LogP contribution in [-0.4, -0.2) is 66.0 Å². The van der Waals surface area contributed by atoms with Gasteiger partial charge in [-0.1, -0.05) is 121 Å². The smallest absolute Gasteiger partial charge is 0.0948 e. The Hall–Kier alpha value is -3.36. The van der Waals surface area contributed by atoms with Crippen LogP contribution in [0, 0.1) is 0 Å². The molecular formula is C36H43NO5. The second-order valence-corrected chi connectivity index (χ2v) is 9.76. The Morgan fingerprint density at radius 1 is 0.381 bits per heavy atom. The molecule has 0 aliphatic heterocycles. The van der Waals surface area contributed by atoms with E-state index in [1.807, 2.05) is 18.2 Å². The van der Waals surface area contributed by atoms with E-state index in [-0.39, 0.29) is 0 Å². The molecule has 6 heteroatoms. The zero-order valence-corrected chi connectivity index (χ0v) is 24.4. The Bertz CT molecular complexity index is 1110.